The van der Waals surface area contributed by atoms with Gasteiger partial charge in [0.25, 0.3) is 0 Å². The lowest BCUT2D eigenvalue weighted by Crippen LogP contribution is -2.22. The van der Waals surface area contributed by atoms with Crippen molar-refractivity contribution in [1.82, 2.24) is 0 Å². The van der Waals surface area contributed by atoms with E-state index >= 15 is 0 Å². The molecule has 1 amide bonds. The topological polar surface area (TPSA) is 46.3 Å². The molecule has 1 atom stereocenters. The van der Waals surface area contributed by atoms with Crippen LogP contribution in [-0.2, 0) is 4.79 Å². The van der Waals surface area contributed by atoms with E-state index in [0.717, 1.165) is 18.7 Å². The van der Waals surface area contributed by atoms with Crippen LogP contribution in [0.2, 0.25) is 0 Å². The highest BCUT2D eigenvalue weighted by Crippen LogP contribution is 2.35. The van der Waals surface area contributed by atoms with Crippen LogP contribution in [0.15, 0.2) is 54.6 Å². The molecule has 3 rings (SSSR count). The lowest BCUT2D eigenvalue weighted by molar-refractivity contribution is -0.118. The number of amides is 1. The lowest BCUT2D eigenvalue weighted by Gasteiger charge is -2.26. The Bertz CT molecular complexity index is 633. The molecule has 0 aliphatic carbocycles. The molecule has 3 heteroatoms. The smallest absolute Gasteiger partial charge is 0.218 e. The summed E-state index contributed by atoms with van der Waals surface area (Å²) >= 11 is 0. The largest absolute Gasteiger partial charge is 0.371 e. The SMILES string of the molecule is NC(=O)CC(c1ccccc1)c1ccccc1N1CCCC1. The number of carbonyl (C=O) groups excluding carboxylic acids is 1. The molecule has 2 aromatic rings. The van der Waals surface area contributed by atoms with Crippen LogP contribution in [0.1, 0.15) is 36.3 Å². The summed E-state index contributed by atoms with van der Waals surface area (Å²) in [6.07, 6.45) is 2.81. The minimum atomic E-state index is -0.259. The van der Waals surface area contributed by atoms with Gasteiger partial charge >= 0.3 is 0 Å². The normalized spacial score (nSPS) is 15.7. The van der Waals surface area contributed by atoms with Crippen LogP contribution in [0.5, 0.6) is 0 Å². The maximum Gasteiger partial charge on any atom is 0.218 e. The van der Waals surface area contributed by atoms with Gasteiger partial charge in [0.1, 0.15) is 0 Å². The van der Waals surface area contributed by atoms with E-state index in [9.17, 15) is 4.79 Å². The highest BCUT2D eigenvalue weighted by Gasteiger charge is 2.23. The summed E-state index contributed by atoms with van der Waals surface area (Å²) < 4.78 is 0. The molecule has 3 nitrogen and oxygen atoms in total. The Labute approximate surface area is 131 Å². The van der Waals surface area contributed by atoms with Crippen molar-refractivity contribution in [3.8, 4) is 0 Å². The monoisotopic (exact) mass is 294 g/mol. The Hall–Kier alpha value is -2.29. The van der Waals surface area contributed by atoms with Gasteiger partial charge in [-0.25, -0.2) is 0 Å². The molecule has 1 aliphatic heterocycles. The van der Waals surface area contributed by atoms with Gasteiger partial charge in [-0.3, -0.25) is 4.79 Å². The Kier molecular flexibility index (Phi) is 4.42. The summed E-state index contributed by atoms with van der Waals surface area (Å²) in [4.78, 5) is 14.0. The zero-order valence-electron chi connectivity index (χ0n) is 12.7. The molecule has 2 aromatic carbocycles. The first-order valence-electron chi connectivity index (χ1n) is 7.93. The average molecular weight is 294 g/mol. The molecule has 2 N–H and O–H groups in total. The predicted molar refractivity (Wildman–Crippen MR) is 90.0 cm³/mol. The van der Waals surface area contributed by atoms with Crippen LogP contribution >= 0.6 is 0 Å². The summed E-state index contributed by atoms with van der Waals surface area (Å²) in [6, 6.07) is 18.6. The van der Waals surface area contributed by atoms with E-state index in [1.54, 1.807) is 0 Å². The van der Waals surface area contributed by atoms with Gasteiger partial charge in [0.05, 0.1) is 0 Å². The third-order valence-electron chi connectivity index (χ3n) is 4.37. The van der Waals surface area contributed by atoms with Crippen molar-refractivity contribution < 1.29 is 4.79 Å². The van der Waals surface area contributed by atoms with Crippen molar-refractivity contribution >= 4 is 11.6 Å². The zero-order valence-corrected chi connectivity index (χ0v) is 12.7. The second-order valence-corrected chi connectivity index (χ2v) is 5.89. The van der Waals surface area contributed by atoms with Gasteiger partial charge < -0.3 is 10.6 Å². The second-order valence-electron chi connectivity index (χ2n) is 5.89. The number of rotatable bonds is 5. The summed E-state index contributed by atoms with van der Waals surface area (Å²) in [6.45, 7) is 2.18. The van der Waals surface area contributed by atoms with Crippen LogP contribution in [0.4, 0.5) is 5.69 Å². The maximum absolute atomic E-state index is 11.6. The molecule has 114 valence electrons. The zero-order chi connectivity index (χ0) is 15.4. The first-order chi connectivity index (χ1) is 10.8. The number of nitrogens with two attached hydrogens (primary N) is 1. The van der Waals surface area contributed by atoms with E-state index in [2.05, 4.69) is 35.2 Å². The number of carbonyl (C=O) groups is 1. The van der Waals surface area contributed by atoms with Gasteiger partial charge in [0.2, 0.25) is 5.91 Å². The summed E-state index contributed by atoms with van der Waals surface area (Å²) in [5, 5.41) is 0. The molecule has 1 unspecified atom stereocenters. The molecule has 0 aromatic heterocycles. The maximum atomic E-state index is 11.6. The van der Waals surface area contributed by atoms with Gasteiger partial charge in [-0.15, -0.1) is 0 Å². The molecule has 1 fully saturated rings. The molecule has 0 spiro atoms. The van der Waals surface area contributed by atoms with Crippen molar-refractivity contribution in [1.29, 1.82) is 0 Å². The molecule has 1 saturated heterocycles. The van der Waals surface area contributed by atoms with Crippen molar-refractivity contribution in [3.05, 3.63) is 65.7 Å². The number of nitrogens with zero attached hydrogens (tertiary/aromatic N) is 1. The van der Waals surface area contributed by atoms with Gasteiger partial charge in [0, 0.05) is 31.1 Å². The lowest BCUT2D eigenvalue weighted by atomic mass is 9.87. The van der Waals surface area contributed by atoms with Crippen LogP contribution in [0.3, 0.4) is 0 Å². The number of primary amides is 1. The Morgan fingerprint density at radius 2 is 1.64 bits per heavy atom. The minimum absolute atomic E-state index is 0.0236. The molecular formula is C19H22N2O. The fourth-order valence-electron chi connectivity index (χ4n) is 3.32. The van der Waals surface area contributed by atoms with Gasteiger partial charge in [-0.2, -0.15) is 0 Å². The summed E-state index contributed by atoms with van der Waals surface area (Å²) in [5.41, 5.74) is 9.11. The second kappa shape index (κ2) is 6.65. The molecule has 22 heavy (non-hydrogen) atoms. The van der Waals surface area contributed by atoms with E-state index in [1.165, 1.54) is 24.1 Å². The van der Waals surface area contributed by atoms with Crippen LogP contribution in [0.25, 0.3) is 0 Å². The molecule has 1 heterocycles. The average Bonchev–Trinajstić information content (AvgIpc) is 3.08. The van der Waals surface area contributed by atoms with E-state index in [-0.39, 0.29) is 11.8 Å². The highest BCUT2D eigenvalue weighted by molar-refractivity contribution is 5.76. The molecular weight excluding hydrogens is 272 g/mol. The summed E-state index contributed by atoms with van der Waals surface area (Å²) in [5.74, 6) is -0.236. The Morgan fingerprint density at radius 1 is 1.00 bits per heavy atom. The number of para-hydroxylation sites is 1. The number of benzene rings is 2. The first kappa shape index (κ1) is 14.6. The van der Waals surface area contributed by atoms with Crippen molar-refractivity contribution in [2.45, 2.75) is 25.2 Å². The van der Waals surface area contributed by atoms with Crippen molar-refractivity contribution in [2.75, 3.05) is 18.0 Å². The van der Waals surface area contributed by atoms with Crippen LogP contribution in [0, 0.1) is 0 Å². The fourth-order valence-corrected chi connectivity index (χ4v) is 3.32. The molecule has 1 aliphatic rings. The van der Waals surface area contributed by atoms with Crippen molar-refractivity contribution in [3.63, 3.8) is 0 Å². The Balaban J connectivity index is 2.02. The number of hydrogen-bond donors (Lipinski definition) is 1. The molecule has 0 saturated carbocycles. The van der Waals surface area contributed by atoms with Gasteiger partial charge in [-0.05, 0) is 30.0 Å². The van der Waals surface area contributed by atoms with Gasteiger partial charge in [-0.1, -0.05) is 48.5 Å². The minimum Gasteiger partial charge on any atom is -0.371 e. The number of anilines is 1. The first-order valence-corrected chi connectivity index (χ1v) is 7.93. The summed E-state index contributed by atoms with van der Waals surface area (Å²) in [7, 11) is 0. The third-order valence-corrected chi connectivity index (χ3v) is 4.37. The highest BCUT2D eigenvalue weighted by atomic mass is 16.1. The molecule has 0 radical (unpaired) electrons. The van der Waals surface area contributed by atoms with Crippen molar-refractivity contribution in [2.24, 2.45) is 5.73 Å². The quantitative estimate of drug-likeness (QED) is 0.919. The molecule has 0 bridgehead atoms. The number of hydrogen-bond acceptors (Lipinski definition) is 2. The Morgan fingerprint density at radius 3 is 2.32 bits per heavy atom. The van der Waals surface area contributed by atoms with E-state index in [1.807, 2.05) is 24.3 Å². The predicted octanol–water partition coefficient (Wildman–Crippen LogP) is 3.29. The third kappa shape index (κ3) is 3.14. The fraction of sp³-hybridized carbons (Fsp3) is 0.316. The standard InChI is InChI=1S/C19H22N2O/c20-19(22)14-17(15-8-2-1-3-9-15)16-10-4-5-11-18(16)21-12-6-7-13-21/h1-5,8-11,17H,6-7,12-14H2,(H2,20,22). The van der Waals surface area contributed by atoms with E-state index in [4.69, 9.17) is 5.73 Å². The van der Waals surface area contributed by atoms with Crippen LogP contribution in [-0.4, -0.2) is 19.0 Å². The van der Waals surface area contributed by atoms with Gasteiger partial charge in [0.15, 0.2) is 0 Å². The van der Waals surface area contributed by atoms with E-state index in [0.29, 0.717) is 6.42 Å². The van der Waals surface area contributed by atoms with E-state index < -0.39 is 0 Å². The van der Waals surface area contributed by atoms with Crippen LogP contribution < -0.4 is 10.6 Å².